The van der Waals surface area contributed by atoms with E-state index in [4.69, 9.17) is 11.6 Å². The lowest BCUT2D eigenvalue weighted by atomic mass is 10.1. The van der Waals surface area contributed by atoms with Gasteiger partial charge in [-0.25, -0.2) is 0 Å². The molecule has 2 aromatic carbocycles. The number of carbonyl (C=O) groups excluding carboxylic acids is 2. The lowest BCUT2D eigenvalue weighted by molar-refractivity contribution is -0.140. The number of nitrogens with one attached hydrogen (secondary N) is 1. The van der Waals surface area contributed by atoms with E-state index in [0.29, 0.717) is 31.0 Å². The minimum absolute atomic E-state index is 0.0513. The Hall–Kier alpha value is -2.33. The standard InChI is InChI=1S/C24H31ClN2O2/c1-4-5-15-26-24(29)19(3)27(17-20-10-8-9-18(2)16-20)23(28)14-13-21-11-6-7-12-22(21)25/h6-12,16,19H,4-5,13-15,17H2,1-3H3,(H,26,29). The van der Waals surface area contributed by atoms with Gasteiger partial charge in [-0.1, -0.05) is 73.0 Å². The summed E-state index contributed by atoms with van der Waals surface area (Å²) in [6, 6.07) is 15.1. The van der Waals surface area contributed by atoms with Crippen LogP contribution in [-0.2, 0) is 22.6 Å². The first-order chi connectivity index (χ1) is 13.9. The van der Waals surface area contributed by atoms with Crippen LogP contribution in [0.1, 0.15) is 49.8 Å². The van der Waals surface area contributed by atoms with Gasteiger partial charge in [0.05, 0.1) is 0 Å². The van der Waals surface area contributed by atoms with E-state index < -0.39 is 6.04 Å². The van der Waals surface area contributed by atoms with Crippen molar-refractivity contribution in [3.8, 4) is 0 Å². The Kier molecular flexibility index (Phi) is 9.20. The van der Waals surface area contributed by atoms with Crippen LogP contribution in [0.4, 0.5) is 0 Å². The van der Waals surface area contributed by atoms with E-state index in [1.165, 1.54) is 0 Å². The lowest BCUT2D eigenvalue weighted by Gasteiger charge is -2.29. The van der Waals surface area contributed by atoms with Gasteiger partial charge in [-0.15, -0.1) is 0 Å². The van der Waals surface area contributed by atoms with Crippen LogP contribution in [0.15, 0.2) is 48.5 Å². The van der Waals surface area contributed by atoms with Gasteiger partial charge in [-0.3, -0.25) is 9.59 Å². The minimum Gasteiger partial charge on any atom is -0.354 e. The second-order valence-corrected chi connectivity index (χ2v) is 7.83. The predicted molar refractivity (Wildman–Crippen MR) is 119 cm³/mol. The van der Waals surface area contributed by atoms with Crippen molar-refractivity contribution in [1.82, 2.24) is 10.2 Å². The zero-order chi connectivity index (χ0) is 21.2. The summed E-state index contributed by atoms with van der Waals surface area (Å²) in [5.74, 6) is -0.165. The SMILES string of the molecule is CCCCNC(=O)C(C)N(Cc1cccc(C)c1)C(=O)CCc1ccccc1Cl. The smallest absolute Gasteiger partial charge is 0.242 e. The van der Waals surface area contributed by atoms with Crippen LogP contribution in [0, 0.1) is 6.92 Å². The molecule has 2 amide bonds. The molecule has 4 nitrogen and oxygen atoms in total. The number of halogens is 1. The van der Waals surface area contributed by atoms with Crippen LogP contribution in [0.3, 0.4) is 0 Å². The Morgan fingerprint density at radius 2 is 1.90 bits per heavy atom. The summed E-state index contributed by atoms with van der Waals surface area (Å²) < 4.78 is 0. The van der Waals surface area contributed by atoms with Gasteiger partial charge in [-0.05, 0) is 43.9 Å². The van der Waals surface area contributed by atoms with Gasteiger partial charge in [0.25, 0.3) is 0 Å². The third kappa shape index (κ3) is 7.21. The molecular formula is C24H31ClN2O2. The molecule has 1 unspecified atom stereocenters. The molecule has 0 aliphatic heterocycles. The largest absolute Gasteiger partial charge is 0.354 e. The number of hydrogen-bond acceptors (Lipinski definition) is 2. The van der Waals surface area contributed by atoms with Crippen LogP contribution >= 0.6 is 11.6 Å². The summed E-state index contributed by atoms with van der Waals surface area (Å²) >= 11 is 6.23. The molecule has 0 aliphatic rings. The van der Waals surface area contributed by atoms with Crippen LogP contribution < -0.4 is 5.32 Å². The molecule has 29 heavy (non-hydrogen) atoms. The van der Waals surface area contributed by atoms with Crippen molar-refractivity contribution in [3.05, 3.63) is 70.2 Å². The molecule has 0 heterocycles. The van der Waals surface area contributed by atoms with Crippen LogP contribution in [0.2, 0.25) is 5.02 Å². The van der Waals surface area contributed by atoms with Crippen LogP contribution in [0.5, 0.6) is 0 Å². The Labute approximate surface area is 179 Å². The first-order valence-electron chi connectivity index (χ1n) is 10.3. The second-order valence-electron chi connectivity index (χ2n) is 7.42. The number of hydrogen-bond donors (Lipinski definition) is 1. The summed E-state index contributed by atoms with van der Waals surface area (Å²) in [4.78, 5) is 27.4. The molecule has 5 heteroatoms. The van der Waals surface area contributed by atoms with Gasteiger partial charge in [-0.2, -0.15) is 0 Å². The van der Waals surface area contributed by atoms with E-state index in [2.05, 4.69) is 18.3 Å². The maximum atomic E-state index is 13.1. The van der Waals surface area contributed by atoms with Gasteiger partial charge in [0.1, 0.15) is 6.04 Å². The average molecular weight is 415 g/mol. The number of aryl methyl sites for hydroxylation is 2. The summed E-state index contributed by atoms with van der Waals surface area (Å²) in [5.41, 5.74) is 3.09. The highest BCUT2D eigenvalue weighted by molar-refractivity contribution is 6.31. The lowest BCUT2D eigenvalue weighted by Crippen LogP contribution is -2.47. The van der Waals surface area contributed by atoms with Gasteiger partial charge in [0.2, 0.25) is 11.8 Å². The van der Waals surface area contributed by atoms with Crippen molar-refractivity contribution >= 4 is 23.4 Å². The van der Waals surface area contributed by atoms with E-state index in [9.17, 15) is 9.59 Å². The Balaban J connectivity index is 2.12. The van der Waals surface area contributed by atoms with Gasteiger partial charge >= 0.3 is 0 Å². The fourth-order valence-corrected chi connectivity index (χ4v) is 3.44. The highest BCUT2D eigenvalue weighted by Crippen LogP contribution is 2.18. The van der Waals surface area contributed by atoms with Crippen molar-refractivity contribution in [2.24, 2.45) is 0 Å². The molecule has 0 bridgehead atoms. The van der Waals surface area contributed by atoms with Crippen molar-refractivity contribution < 1.29 is 9.59 Å². The molecule has 0 saturated heterocycles. The summed E-state index contributed by atoms with van der Waals surface area (Å²) in [5, 5.41) is 3.61. The van der Waals surface area contributed by atoms with Crippen molar-refractivity contribution in [1.29, 1.82) is 0 Å². The maximum absolute atomic E-state index is 13.1. The first-order valence-corrected chi connectivity index (χ1v) is 10.7. The average Bonchev–Trinajstić information content (AvgIpc) is 2.71. The Morgan fingerprint density at radius 1 is 1.14 bits per heavy atom. The molecule has 0 radical (unpaired) electrons. The molecule has 156 valence electrons. The highest BCUT2D eigenvalue weighted by atomic mass is 35.5. The second kappa shape index (κ2) is 11.6. The zero-order valence-electron chi connectivity index (χ0n) is 17.6. The molecule has 0 aromatic heterocycles. The molecule has 2 aromatic rings. The molecule has 1 N–H and O–H groups in total. The fourth-order valence-electron chi connectivity index (χ4n) is 3.21. The van der Waals surface area contributed by atoms with Crippen LogP contribution in [0.25, 0.3) is 0 Å². The topological polar surface area (TPSA) is 49.4 Å². The normalized spacial score (nSPS) is 11.7. The number of nitrogens with zero attached hydrogens (tertiary/aromatic N) is 1. The number of rotatable bonds is 10. The predicted octanol–water partition coefficient (Wildman–Crippen LogP) is 4.91. The quantitative estimate of drug-likeness (QED) is 0.561. The van der Waals surface area contributed by atoms with E-state index in [0.717, 1.165) is 29.5 Å². The summed E-state index contributed by atoms with van der Waals surface area (Å²) in [6.07, 6.45) is 2.80. The van der Waals surface area contributed by atoms with E-state index in [1.807, 2.05) is 49.4 Å². The van der Waals surface area contributed by atoms with Crippen LogP contribution in [-0.4, -0.2) is 29.3 Å². The highest BCUT2D eigenvalue weighted by Gasteiger charge is 2.25. The Bertz CT molecular complexity index is 822. The minimum atomic E-state index is -0.536. The summed E-state index contributed by atoms with van der Waals surface area (Å²) in [7, 11) is 0. The van der Waals surface area contributed by atoms with Gasteiger partial charge in [0.15, 0.2) is 0 Å². The monoisotopic (exact) mass is 414 g/mol. The molecule has 0 aliphatic carbocycles. The van der Waals surface area contributed by atoms with E-state index in [1.54, 1.807) is 11.8 Å². The molecule has 2 rings (SSSR count). The summed E-state index contributed by atoms with van der Waals surface area (Å²) in [6.45, 7) is 6.94. The van der Waals surface area contributed by atoms with Gasteiger partial charge in [0, 0.05) is 24.5 Å². The third-order valence-electron chi connectivity index (χ3n) is 5.00. The van der Waals surface area contributed by atoms with Crippen molar-refractivity contribution in [2.45, 2.75) is 59.0 Å². The number of unbranched alkanes of at least 4 members (excludes halogenated alkanes) is 1. The number of amides is 2. The van der Waals surface area contributed by atoms with Gasteiger partial charge < -0.3 is 10.2 Å². The van der Waals surface area contributed by atoms with E-state index in [-0.39, 0.29) is 11.8 Å². The van der Waals surface area contributed by atoms with Crippen molar-refractivity contribution in [3.63, 3.8) is 0 Å². The number of carbonyl (C=O) groups is 2. The zero-order valence-corrected chi connectivity index (χ0v) is 18.3. The third-order valence-corrected chi connectivity index (χ3v) is 5.37. The maximum Gasteiger partial charge on any atom is 0.242 e. The molecule has 0 spiro atoms. The fraction of sp³-hybridized carbons (Fsp3) is 0.417. The first kappa shape index (κ1) is 23.0. The molecule has 0 fully saturated rings. The molecule has 1 atom stereocenters. The van der Waals surface area contributed by atoms with Crippen molar-refractivity contribution in [2.75, 3.05) is 6.54 Å². The molecule has 0 saturated carbocycles. The molecular weight excluding hydrogens is 384 g/mol. The van der Waals surface area contributed by atoms with E-state index >= 15 is 0 Å². The Morgan fingerprint density at radius 3 is 2.59 bits per heavy atom. The number of benzene rings is 2.